The molecule has 108 valence electrons. The van der Waals surface area contributed by atoms with Crippen molar-refractivity contribution in [3.63, 3.8) is 0 Å². The summed E-state index contributed by atoms with van der Waals surface area (Å²) in [6.45, 7) is 5.00. The van der Waals surface area contributed by atoms with E-state index in [0.717, 1.165) is 22.4 Å². The van der Waals surface area contributed by atoms with Crippen molar-refractivity contribution in [3.8, 4) is 0 Å². The monoisotopic (exact) mass is 343 g/mol. The van der Waals surface area contributed by atoms with Crippen LogP contribution in [0.25, 0.3) is 10.8 Å². The van der Waals surface area contributed by atoms with Crippen molar-refractivity contribution in [1.29, 1.82) is 0 Å². The summed E-state index contributed by atoms with van der Waals surface area (Å²) in [5.74, 6) is 0. The summed E-state index contributed by atoms with van der Waals surface area (Å²) in [5.41, 5.74) is 2.17. The van der Waals surface area contributed by atoms with E-state index in [1.165, 1.54) is 10.8 Å². The molecule has 0 atom stereocenters. The van der Waals surface area contributed by atoms with E-state index in [1.807, 2.05) is 10.9 Å². The number of benzene rings is 2. The van der Waals surface area contributed by atoms with Gasteiger partial charge in [-0.05, 0) is 55.0 Å². The second-order valence-corrected chi connectivity index (χ2v) is 6.36. The van der Waals surface area contributed by atoms with Crippen molar-refractivity contribution >= 4 is 32.4 Å². The molecule has 0 aliphatic rings. The van der Waals surface area contributed by atoms with Crippen LogP contribution in [-0.4, -0.2) is 9.78 Å². The van der Waals surface area contributed by atoms with Crippen molar-refractivity contribution < 1.29 is 0 Å². The highest BCUT2D eigenvalue weighted by Crippen LogP contribution is 2.23. The summed E-state index contributed by atoms with van der Waals surface area (Å²) in [6.07, 6.45) is 2.03. The molecule has 21 heavy (non-hydrogen) atoms. The zero-order valence-electron chi connectivity index (χ0n) is 12.2. The van der Waals surface area contributed by atoms with Gasteiger partial charge in [0.25, 0.3) is 0 Å². The van der Waals surface area contributed by atoms with Gasteiger partial charge in [-0.3, -0.25) is 4.68 Å². The van der Waals surface area contributed by atoms with Gasteiger partial charge < -0.3 is 5.32 Å². The summed E-state index contributed by atoms with van der Waals surface area (Å²) in [6, 6.07) is 15.2. The Labute approximate surface area is 133 Å². The number of nitrogens with zero attached hydrogens (tertiary/aromatic N) is 2. The molecule has 1 N–H and O–H groups in total. The third-order valence-electron chi connectivity index (χ3n) is 3.47. The first-order chi connectivity index (χ1) is 10.1. The van der Waals surface area contributed by atoms with E-state index in [-0.39, 0.29) is 0 Å². The van der Waals surface area contributed by atoms with Crippen LogP contribution in [0.2, 0.25) is 0 Å². The van der Waals surface area contributed by atoms with Crippen LogP contribution in [0, 0.1) is 0 Å². The normalized spacial score (nSPS) is 11.2. The first kappa shape index (κ1) is 14.1. The van der Waals surface area contributed by atoms with Crippen LogP contribution in [0.15, 0.2) is 53.1 Å². The van der Waals surface area contributed by atoms with E-state index >= 15 is 0 Å². The molecule has 0 radical (unpaired) electrons. The molecule has 3 aromatic rings. The molecule has 0 saturated carbocycles. The average Bonchev–Trinajstić information content (AvgIpc) is 2.94. The minimum Gasteiger partial charge on any atom is -0.379 e. The van der Waals surface area contributed by atoms with Gasteiger partial charge in [0, 0.05) is 22.4 Å². The van der Waals surface area contributed by atoms with Gasteiger partial charge in [0.15, 0.2) is 0 Å². The van der Waals surface area contributed by atoms with Gasteiger partial charge in [-0.15, -0.1) is 0 Å². The Bertz CT molecular complexity index is 762. The van der Waals surface area contributed by atoms with Gasteiger partial charge in [-0.25, -0.2) is 0 Å². The third kappa shape index (κ3) is 3.27. The number of nitrogens with one attached hydrogen (secondary N) is 1. The highest BCUT2D eigenvalue weighted by atomic mass is 79.9. The Morgan fingerprint density at radius 2 is 1.86 bits per heavy atom. The molecule has 0 aliphatic heterocycles. The number of aromatic nitrogens is 2. The van der Waals surface area contributed by atoms with Gasteiger partial charge in [0.1, 0.15) is 0 Å². The van der Waals surface area contributed by atoms with Gasteiger partial charge >= 0.3 is 0 Å². The molecular weight excluding hydrogens is 326 g/mol. The SMILES string of the molecule is CC(C)n1ccc(CNc2ccc3cc(Br)ccc3c2)n1. The Kier molecular flexibility index (Phi) is 3.97. The smallest absolute Gasteiger partial charge is 0.0815 e. The van der Waals surface area contributed by atoms with E-state index in [1.54, 1.807) is 0 Å². The maximum absolute atomic E-state index is 4.55. The molecule has 1 aromatic heterocycles. The Balaban J connectivity index is 1.73. The van der Waals surface area contributed by atoms with Crippen molar-refractivity contribution in [1.82, 2.24) is 9.78 Å². The van der Waals surface area contributed by atoms with E-state index < -0.39 is 0 Å². The zero-order chi connectivity index (χ0) is 14.8. The maximum Gasteiger partial charge on any atom is 0.0815 e. The zero-order valence-corrected chi connectivity index (χ0v) is 13.8. The predicted molar refractivity (Wildman–Crippen MR) is 91.6 cm³/mol. The summed E-state index contributed by atoms with van der Waals surface area (Å²) in [7, 11) is 0. The van der Waals surface area contributed by atoms with Gasteiger partial charge in [0.05, 0.1) is 12.2 Å². The quantitative estimate of drug-likeness (QED) is 0.722. The molecule has 0 amide bonds. The second-order valence-electron chi connectivity index (χ2n) is 5.44. The fourth-order valence-corrected chi connectivity index (χ4v) is 2.66. The molecular formula is C17H18BrN3. The lowest BCUT2D eigenvalue weighted by molar-refractivity contribution is 0.527. The number of hydrogen-bond donors (Lipinski definition) is 1. The third-order valence-corrected chi connectivity index (χ3v) is 3.96. The van der Waals surface area contributed by atoms with Crippen LogP contribution >= 0.6 is 15.9 Å². The summed E-state index contributed by atoms with van der Waals surface area (Å²) < 4.78 is 3.09. The molecule has 0 aliphatic carbocycles. The lowest BCUT2D eigenvalue weighted by Gasteiger charge is -2.07. The van der Waals surface area contributed by atoms with E-state index in [0.29, 0.717) is 6.04 Å². The van der Waals surface area contributed by atoms with E-state index in [2.05, 4.69) is 82.7 Å². The Hall–Kier alpha value is -1.81. The lowest BCUT2D eigenvalue weighted by Crippen LogP contribution is -2.04. The molecule has 3 nitrogen and oxygen atoms in total. The van der Waals surface area contributed by atoms with Gasteiger partial charge in [-0.1, -0.05) is 28.1 Å². The fraction of sp³-hybridized carbons (Fsp3) is 0.235. The number of halogens is 1. The molecule has 0 fully saturated rings. The first-order valence-electron chi connectivity index (χ1n) is 7.09. The van der Waals surface area contributed by atoms with Crippen LogP contribution < -0.4 is 5.32 Å². The summed E-state index contributed by atoms with van der Waals surface area (Å²) >= 11 is 3.50. The van der Waals surface area contributed by atoms with Crippen LogP contribution in [0.4, 0.5) is 5.69 Å². The highest BCUT2D eigenvalue weighted by molar-refractivity contribution is 9.10. The van der Waals surface area contributed by atoms with Gasteiger partial charge in [-0.2, -0.15) is 5.10 Å². The number of fused-ring (bicyclic) bond motifs is 1. The molecule has 0 saturated heterocycles. The predicted octanol–water partition coefficient (Wildman–Crippen LogP) is 4.99. The van der Waals surface area contributed by atoms with E-state index in [4.69, 9.17) is 0 Å². The minimum atomic E-state index is 0.401. The Morgan fingerprint density at radius 3 is 2.62 bits per heavy atom. The van der Waals surface area contributed by atoms with Gasteiger partial charge in [0.2, 0.25) is 0 Å². The van der Waals surface area contributed by atoms with Crippen molar-refractivity contribution in [2.75, 3.05) is 5.32 Å². The lowest BCUT2D eigenvalue weighted by atomic mass is 10.1. The summed E-state index contributed by atoms with van der Waals surface area (Å²) in [4.78, 5) is 0. The van der Waals surface area contributed by atoms with Crippen LogP contribution in [0.5, 0.6) is 0 Å². The maximum atomic E-state index is 4.55. The standard InChI is InChI=1S/C17H18BrN3/c1-12(2)21-8-7-17(20-21)11-19-16-6-4-13-9-15(18)5-3-14(13)10-16/h3-10,12,19H,11H2,1-2H3. The Morgan fingerprint density at radius 1 is 1.10 bits per heavy atom. The summed E-state index contributed by atoms with van der Waals surface area (Å²) in [5, 5.41) is 10.4. The van der Waals surface area contributed by atoms with Crippen molar-refractivity contribution in [2.24, 2.45) is 0 Å². The van der Waals surface area contributed by atoms with Crippen LogP contribution in [0.1, 0.15) is 25.6 Å². The molecule has 0 spiro atoms. The number of hydrogen-bond acceptors (Lipinski definition) is 2. The average molecular weight is 344 g/mol. The molecule has 0 unspecified atom stereocenters. The van der Waals surface area contributed by atoms with Crippen LogP contribution in [0.3, 0.4) is 0 Å². The highest BCUT2D eigenvalue weighted by Gasteiger charge is 2.02. The fourth-order valence-electron chi connectivity index (χ4n) is 2.28. The largest absolute Gasteiger partial charge is 0.379 e. The number of rotatable bonds is 4. The second kappa shape index (κ2) is 5.90. The van der Waals surface area contributed by atoms with E-state index in [9.17, 15) is 0 Å². The van der Waals surface area contributed by atoms with Crippen molar-refractivity contribution in [3.05, 3.63) is 58.8 Å². The first-order valence-corrected chi connectivity index (χ1v) is 7.88. The molecule has 4 heteroatoms. The topological polar surface area (TPSA) is 29.9 Å². The molecule has 3 rings (SSSR count). The number of anilines is 1. The molecule has 2 aromatic carbocycles. The van der Waals surface area contributed by atoms with Crippen molar-refractivity contribution in [2.45, 2.75) is 26.4 Å². The van der Waals surface area contributed by atoms with Crippen LogP contribution in [-0.2, 0) is 6.54 Å². The minimum absolute atomic E-state index is 0.401. The molecule has 1 heterocycles. The molecule has 0 bridgehead atoms.